The molecule has 3 aromatic rings. The van der Waals surface area contributed by atoms with E-state index in [4.69, 9.17) is 0 Å². The van der Waals surface area contributed by atoms with Crippen LogP contribution < -0.4 is 4.90 Å². The smallest absolute Gasteiger partial charge is 0.134 e. The van der Waals surface area contributed by atoms with E-state index < -0.39 is 0 Å². The Morgan fingerprint density at radius 1 is 1.11 bits per heavy atom. The summed E-state index contributed by atoms with van der Waals surface area (Å²) in [5, 5.41) is 17.0. The molecule has 1 N–H and O–H groups in total. The van der Waals surface area contributed by atoms with Crippen LogP contribution in [0.2, 0.25) is 0 Å². The molecule has 0 amide bonds. The first kappa shape index (κ1) is 17.0. The van der Waals surface area contributed by atoms with Crippen molar-refractivity contribution in [1.29, 1.82) is 5.26 Å². The Labute approximate surface area is 163 Å². The lowest BCUT2D eigenvalue weighted by atomic mass is 9.91. The number of aryl methyl sites for hydroxylation is 1. The predicted molar refractivity (Wildman–Crippen MR) is 106 cm³/mol. The van der Waals surface area contributed by atoms with Crippen LogP contribution in [0.5, 0.6) is 0 Å². The third-order valence-electron chi connectivity index (χ3n) is 5.88. The maximum atomic E-state index is 15.2. The summed E-state index contributed by atoms with van der Waals surface area (Å²) in [6.07, 6.45) is 7.03. The number of halogens is 1. The quantitative estimate of drug-likeness (QED) is 0.727. The van der Waals surface area contributed by atoms with Crippen molar-refractivity contribution in [3.63, 3.8) is 0 Å². The molecule has 0 radical (unpaired) electrons. The minimum atomic E-state index is -0.328. The van der Waals surface area contributed by atoms with E-state index in [0.29, 0.717) is 23.2 Å². The molecular formula is C23H21FN4. The number of nitriles is 1. The maximum absolute atomic E-state index is 15.2. The number of nitrogens with one attached hydrogen (secondary N) is 1. The number of nitrogens with zero attached hydrogens (tertiary/aromatic N) is 3. The first-order chi connectivity index (χ1) is 13.7. The van der Waals surface area contributed by atoms with E-state index >= 15 is 4.39 Å². The van der Waals surface area contributed by atoms with Crippen molar-refractivity contribution in [3.8, 4) is 17.2 Å². The predicted octanol–water partition coefficient (Wildman–Crippen LogP) is 4.61. The van der Waals surface area contributed by atoms with Crippen molar-refractivity contribution in [2.24, 2.45) is 0 Å². The molecule has 1 unspecified atom stereocenters. The Morgan fingerprint density at radius 3 is 2.68 bits per heavy atom. The van der Waals surface area contributed by atoms with Gasteiger partial charge in [-0.2, -0.15) is 10.4 Å². The van der Waals surface area contributed by atoms with Gasteiger partial charge in [-0.25, -0.2) is 4.39 Å². The third kappa shape index (κ3) is 2.95. The van der Waals surface area contributed by atoms with Crippen molar-refractivity contribution < 1.29 is 4.39 Å². The molecule has 0 spiro atoms. The van der Waals surface area contributed by atoms with Crippen LogP contribution in [0.3, 0.4) is 0 Å². The monoisotopic (exact) mass is 372 g/mol. The van der Waals surface area contributed by atoms with E-state index in [1.807, 2.05) is 42.6 Å². The highest BCUT2D eigenvalue weighted by atomic mass is 19.1. The molecule has 4 nitrogen and oxygen atoms in total. The molecule has 1 atom stereocenters. The average molecular weight is 372 g/mol. The van der Waals surface area contributed by atoms with E-state index in [-0.39, 0.29) is 5.82 Å². The van der Waals surface area contributed by atoms with Crippen LogP contribution >= 0.6 is 0 Å². The van der Waals surface area contributed by atoms with Gasteiger partial charge >= 0.3 is 0 Å². The zero-order chi connectivity index (χ0) is 19.1. The van der Waals surface area contributed by atoms with Crippen molar-refractivity contribution in [1.82, 2.24) is 10.2 Å². The van der Waals surface area contributed by atoms with E-state index in [1.54, 1.807) is 6.07 Å². The molecule has 5 heteroatoms. The largest absolute Gasteiger partial charge is 0.365 e. The number of aromatic nitrogens is 2. The molecule has 28 heavy (non-hydrogen) atoms. The van der Waals surface area contributed by atoms with Crippen LogP contribution in [0, 0.1) is 17.1 Å². The first-order valence-electron chi connectivity index (χ1n) is 9.83. The van der Waals surface area contributed by atoms with E-state index in [9.17, 15) is 5.26 Å². The Morgan fingerprint density at radius 2 is 1.93 bits per heavy atom. The Kier molecular flexibility index (Phi) is 4.12. The minimum absolute atomic E-state index is 0.311. The Bertz CT molecular complexity index is 1050. The lowest BCUT2D eigenvalue weighted by Gasteiger charge is -2.36. The second-order valence-corrected chi connectivity index (χ2v) is 7.74. The van der Waals surface area contributed by atoms with Crippen molar-refractivity contribution in [2.75, 3.05) is 4.90 Å². The summed E-state index contributed by atoms with van der Waals surface area (Å²) in [6, 6.07) is 15.8. The normalized spacial score (nSPS) is 18.4. The third-order valence-corrected chi connectivity index (χ3v) is 5.88. The highest BCUT2D eigenvalue weighted by Crippen LogP contribution is 2.39. The van der Waals surface area contributed by atoms with Crippen LogP contribution in [0.15, 0.2) is 48.7 Å². The SMILES string of the molecule is N#Cc1cc(N(C2CC2)C2CCc3[nH]ncc3C2)cc(F)c1-c1ccccc1. The standard InChI is InChI=1S/C23H21FN4/c24-21-12-20(10-16(13-25)23(21)15-4-2-1-3-5-15)28(18-6-7-18)19-8-9-22-17(11-19)14-26-27-22/h1-5,10,12,14,18-19H,6-9,11H2,(H,26,27). The van der Waals surface area contributed by atoms with Crippen LogP contribution in [-0.4, -0.2) is 22.3 Å². The van der Waals surface area contributed by atoms with Gasteiger partial charge in [-0.1, -0.05) is 30.3 Å². The second-order valence-electron chi connectivity index (χ2n) is 7.74. The molecule has 2 aromatic carbocycles. The highest BCUT2D eigenvalue weighted by Gasteiger charge is 2.36. The van der Waals surface area contributed by atoms with Gasteiger partial charge in [0, 0.05) is 29.0 Å². The van der Waals surface area contributed by atoms with Crippen LogP contribution in [-0.2, 0) is 12.8 Å². The fraction of sp³-hybridized carbons (Fsp3) is 0.304. The van der Waals surface area contributed by atoms with Crippen molar-refractivity contribution in [3.05, 3.63) is 71.3 Å². The summed E-state index contributed by atoms with van der Waals surface area (Å²) in [4.78, 5) is 2.36. The fourth-order valence-electron chi connectivity index (χ4n) is 4.43. The number of fused-ring (bicyclic) bond motifs is 1. The molecule has 2 aliphatic carbocycles. The average Bonchev–Trinajstić information content (AvgIpc) is 3.44. The van der Waals surface area contributed by atoms with Gasteiger partial charge in [0.1, 0.15) is 5.82 Å². The molecule has 1 heterocycles. The summed E-state index contributed by atoms with van der Waals surface area (Å²) in [5.74, 6) is -0.328. The van der Waals surface area contributed by atoms with E-state index in [0.717, 1.165) is 43.4 Å². The van der Waals surface area contributed by atoms with Gasteiger partial charge in [-0.05, 0) is 55.4 Å². The van der Waals surface area contributed by atoms with Crippen LogP contribution in [0.1, 0.15) is 36.1 Å². The summed E-state index contributed by atoms with van der Waals surface area (Å²) in [7, 11) is 0. The zero-order valence-corrected chi connectivity index (χ0v) is 15.5. The summed E-state index contributed by atoms with van der Waals surface area (Å²) >= 11 is 0. The molecule has 1 fully saturated rings. The summed E-state index contributed by atoms with van der Waals surface area (Å²) < 4.78 is 15.2. The molecule has 2 aliphatic rings. The van der Waals surface area contributed by atoms with Gasteiger partial charge in [-0.15, -0.1) is 0 Å². The topological polar surface area (TPSA) is 55.7 Å². The van der Waals surface area contributed by atoms with Gasteiger partial charge in [0.15, 0.2) is 0 Å². The number of H-pyrrole nitrogens is 1. The number of hydrogen-bond donors (Lipinski definition) is 1. The molecular weight excluding hydrogens is 351 g/mol. The van der Waals surface area contributed by atoms with E-state index in [2.05, 4.69) is 21.2 Å². The van der Waals surface area contributed by atoms with E-state index in [1.165, 1.54) is 11.3 Å². The molecule has 0 aliphatic heterocycles. The lowest BCUT2D eigenvalue weighted by molar-refractivity contribution is 0.513. The van der Waals surface area contributed by atoms with Gasteiger partial charge in [-0.3, -0.25) is 5.10 Å². The van der Waals surface area contributed by atoms with Crippen molar-refractivity contribution >= 4 is 5.69 Å². The first-order valence-corrected chi connectivity index (χ1v) is 9.83. The fourth-order valence-corrected chi connectivity index (χ4v) is 4.43. The van der Waals surface area contributed by atoms with Crippen molar-refractivity contribution in [2.45, 2.75) is 44.2 Å². The van der Waals surface area contributed by atoms with Gasteiger partial charge in [0.2, 0.25) is 0 Å². The molecule has 5 rings (SSSR count). The summed E-state index contributed by atoms with van der Waals surface area (Å²) in [5.41, 5.74) is 4.82. The molecule has 140 valence electrons. The van der Waals surface area contributed by atoms with Crippen LogP contribution in [0.4, 0.5) is 10.1 Å². The Hall–Kier alpha value is -3.13. The molecule has 0 saturated heterocycles. The number of rotatable bonds is 4. The highest BCUT2D eigenvalue weighted by molar-refractivity contribution is 5.74. The van der Waals surface area contributed by atoms with Gasteiger partial charge in [0.05, 0.1) is 17.8 Å². The van der Waals surface area contributed by atoms with Gasteiger partial charge < -0.3 is 4.90 Å². The zero-order valence-electron chi connectivity index (χ0n) is 15.5. The molecule has 1 aromatic heterocycles. The summed E-state index contributed by atoms with van der Waals surface area (Å²) in [6.45, 7) is 0. The number of hydrogen-bond acceptors (Lipinski definition) is 3. The second kappa shape index (κ2) is 6.79. The lowest BCUT2D eigenvalue weighted by Crippen LogP contribution is -2.41. The Balaban J connectivity index is 1.54. The molecule has 1 saturated carbocycles. The molecule has 0 bridgehead atoms. The maximum Gasteiger partial charge on any atom is 0.134 e. The number of benzene rings is 2. The van der Waals surface area contributed by atoms with Crippen LogP contribution in [0.25, 0.3) is 11.1 Å². The minimum Gasteiger partial charge on any atom is -0.365 e. The number of aromatic amines is 1. The van der Waals surface area contributed by atoms with Gasteiger partial charge in [0.25, 0.3) is 0 Å². The number of anilines is 1.